The Labute approximate surface area is 111 Å². The lowest BCUT2D eigenvalue weighted by Gasteiger charge is -2.43. The Morgan fingerprint density at radius 2 is 2.18 bits per heavy atom. The highest BCUT2D eigenvalue weighted by atomic mass is 32.2. The van der Waals surface area contributed by atoms with Crippen LogP contribution in [0.2, 0.25) is 0 Å². The van der Waals surface area contributed by atoms with Gasteiger partial charge >= 0.3 is 0 Å². The number of quaternary nitrogens is 1. The average Bonchev–Trinajstić information content (AvgIpc) is 2.30. The Morgan fingerprint density at radius 3 is 2.82 bits per heavy atom. The van der Waals surface area contributed by atoms with Gasteiger partial charge in [0, 0.05) is 6.42 Å². The first-order valence-corrected chi connectivity index (χ1v) is 8.07. The predicted octanol–water partition coefficient (Wildman–Crippen LogP) is 3.46. The maximum atomic E-state index is 11.6. The van der Waals surface area contributed by atoms with Crippen LogP contribution < -0.4 is 0 Å². The summed E-state index contributed by atoms with van der Waals surface area (Å²) in [5.74, 6) is 1.00. The highest BCUT2D eigenvalue weighted by Crippen LogP contribution is 2.24. The van der Waals surface area contributed by atoms with E-state index in [1.807, 2.05) is 0 Å². The number of rotatable bonds is 6. The first-order valence-electron chi connectivity index (χ1n) is 7.08. The van der Waals surface area contributed by atoms with Gasteiger partial charge in [0.05, 0.1) is 31.9 Å². The largest absolute Gasteiger partial charge is 0.323 e. The second-order valence-corrected chi connectivity index (χ2v) is 6.75. The molecule has 2 nitrogen and oxygen atoms in total. The quantitative estimate of drug-likeness (QED) is 0.679. The van der Waals surface area contributed by atoms with Crippen molar-refractivity contribution in [3.05, 3.63) is 0 Å². The van der Waals surface area contributed by atoms with Crippen molar-refractivity contribution in [3.63, 3.8) is 0 Å². The maximum absolute atomic E-state index is 11.6. The SMILES string of the molecule is CCCCC(=O)SCC[N+]1(C)CCCCC1C. The molecule has 1 heterocycles. The van der Waals surface area contributed by atoms with E-state index < -0.39 is 0 Å². The van der Waals surface area contributed by atoms with E-state index in [0.29, 0.717) is 5.12 Å². The zero-order valence-electron chi connectivity index (χ0n) is 11.7. The summed E-state index contributed by atoms with van der Waals surface area (Å²) in [6, 6.07) is 0.773. The Balaban J connectivity index is 2.22. The summed E-state index contributed by atoms with van der Waals surface area (Å²) < 4.78 is 1.17. The third-order valence-corrected chi connectivity index (χ3v) is 5.12. The topological polar surface area (TPSA) is 17.1 Å². The number of hydrogen-bond acceptors (Lipinski definition) is 2. The number of carbonyl (C=O) groups excluding carboxylic acids is 1. The van der Waals surface area contributed by atoms with Crippen LogP contribution in [0, 0.1) is 0 Å². The van der Waals surface area contributed by atoms with Crippen molar-refractivity contribution in [1.29, 1.82) is 0 Å². The molecule has 0 amide bonds. The molecular weight excluding hydrogens is 230 g/mol. The molecule has 0 radical (unpaired) electrons. The molecule has 1 aliphatic rings. The minimum absolute atomic E-state index is 0.392. The van der Waals surface area contributed by atoms with E-state index in [9.17, 15) is 4.79 Å². The molecule has 1 aliphatic heterocycles. The van der Waals surface area contributed by atoms with Crippen LogP contribution in [-0.4, -0.2) is 41.5 Å². The number of piperidine rings is 1. The van der Waals surface area contributed by atoms with Gasteiger partial charge in [0.1, 0.15) is 0 Å². The summed E-state index contributed by atoms with van der Waals surface area (Å²) in [6.07, 6.45) is 7.03. The van der Waals surface area contributed by atoms with Gasteiger partial charge in [-0.2, -0.15) is 0 Å². The predicted molar refractivity (Wildman–Crippen MR) is 76.2 cm³/mol. The van der Waals surface area contributed by atoms with E-state index in [2.05, 4.69) is 20.9 Å². The molecule has 2 unspecified atom stereocenters. The minimum Gasteiger partial charge on any atom is -0.323 e. The third-order valence-electron chi connectivity index (χ3n) is 4.20. The van der Waals surface area contributed by atoms with Crippen molar-refractivity contribution in [2.75, 3.05) is 25.9 Å². The average molecular weight is 258 g/mol. The normalized spacial score (nSPS) is 29.2. The molecule has 0 N–H and O–H groups in total. The van der Waals surface area contributed by atoms with Gasteiger partial charge in [0.25, 0.3) is 0 Å². The molecule has 0 aromatic heterocycles. The highest BCUT2D eigenvalue weighted by molar-refractivity contribution is 8.13. The maximum Gasteiger partial charge on any atom is 0.189 e. The van der Waals surface area contributed by atoms with Crippen LogP contribution in [0.5, 0.6) is 0 Å². The van der Waals surface area contributed by atoms with Gasteiger partial charge in [-0.3, -0.25) is 4.79 Å². The minimum atomic E-state index is 0.392. The van der Waals surface area contributed by atoms with Gasteiger partial charge in [-0.25, -0.2) is 0 Å². The van der Waals surface area contributed by atoms with Crippen molar-refractivity contribution in [2.24, 2.45) is 0 Å². The van der Waals surface area contributed by atoms with Gasteiger partial charge in [-0.05, 0) is 32.6 Å². The van der Waals surface area contributed by atoms with Gasteiger partial charge in [-0.15, -0.1) is 0 Å². The van der Waals surface area contributed by atoms with Crippen molar-refractivity contribution in [1.82, 2.24) is 0 Å². The lowest BCUT2D eigenvalue weighted by atomic mass is 10.0. The molecule has 0 aromatic carbocycles. The van der Waals surface area contributed by atoms with Crippen LogP contribution in [0.1, 0.15) is 52.4 Å². The van der Waals surface area contributed by atoms with Crippen LogP contribution in [0.4, 0.5) is 0 Å². The van der Waals surface area contributed by atoms with E-state index in [1.54, 1.807) is 11.8 Å². The van der Waals surface area contributed by atoms with Crippen LogP contribution in [0.15, 0.2) is 0 Å². The van der Waals surface area contributed by atoms with E-state index in [-0.39, 0.29) is 0 Å². The van der Waals surface area contributed by atoms with Crippen LogP contribution in [-0.2, 0) is 4.79 Å². The van der Waals surface area contributed by atoms with Gasteiger partial charge in [0.15, 0.2) is 5.12 Å². The summed E-state index contributed by atoms with van der Waals surface area (Å²) in [5.41, 5.74) is 0. The van der Waals surface area contributed by atoms with Gasteiger partial charge < -0.3 is 4.48 Å². The molecule has 1 fully saturated rings. The summed E-state index contributed by atoms with van der Waals surface area (Å²) in [4.78, 5) is 11.6. The van der Waals surface area contributed by atoms with E-state index in [1.165, 1.54) is 30.3 Å². The monoisotopic (exact) mass is 258 g/mol. The molecule has 0 saturated carbocycles. The molecule has 3 heteroatoms. The fourth-order valence-corrected chi connectivity index (χ4v) is 3.56. The molecule has 1 rings (SSSR count). The number of hydrogen-bond donors (Lipinski definition) is 0. The van der Waals surface area contributed by atoms with E-state index in [0.717, 1.165) is 37.6 Å². The van der Waals surface area contributed by atoms with Crippen molar-refractivity contribution in [2.45, 2.75) is 58.4 Å². The van der Waals surface area contributed by atoms with Crippen molar-refractivity contribution >= 4 is 16.9 Å². The van der Waals surface area contributed by atoms with Crippen LogP contribution in [0.3, 0.4) is 0 Å². The first kappa shape index (κ1) is 15.0. The van der Waals surface area contributed by atoms with Crippen molar-refractivity contribution in [3.8, 4) is 0 Å². The number of nitrogens with zero attached hydrogens (tertiary/aromatic N) is 1. The molecule has 0 aromatic rings. The molecule has 0 aliphatic carbocycles. The molecule has 0 bridgehead atoms. The zero-order valence-corrected chi connectivity index (χ0v) is 12.5. The lowest BCUT2D eigenvalue weighted by molar-refractivity contribution is -0.934. The summed E-state index contributed by atoms with van der Waals surface area (Å²) in [6.45, 7) is 6.96. The fourth-order valence-electron chi connectivity index (χ4n) is 2.54. The van der Waals surface area contributed by atoms with Gasteiger partial charge in [0.2, 0.25) is 0 Å². The smallest absolute Gasteiger partial charge is 0.189 e. The Hall–Kier alpha value is -0.0200. The number of unbranched alkanes of at least 4 members (excludes halogenated alkanes) is 1. The number of carbonyl (C=O) groups is 1. The molecule has 1 saturated heterocycles. The molecule has 2 atom stereocenters. The summed E-state index contributed by atoms with van der Waals surface area (Å²) in [7, 11) is 2.36. The fraction of sp³-hybridized carbons (Fsp3) is 0.929. The Kier molecular flexibility index (Phi) is 6.57. The highest BCUT2D eigenvalue weighted by Gasteiger charge is 2.31. The second-order valence-electron chi connectivity index (χ2n) is 5.60. The second kappa shape index (κ2) is 7.42. The van der Waals surface area contributed by atoms with Crippen LogP contribution >= 0.6 is 11.8 Å². The van der Waals surface area contributed by atoms with E-state index in [4.69, 9.17) is 0 Å². The van der Waals surface area contributed by atoms with Crippen molar-refractivity contribution < 1.29 is 9.28 Å². The lowest BCUT2D eigenvalue weighted by Crippen LogP contribution is -2.54. The standard InChI is InChI=1S/C14H28NOS/c1-4-5-9-14(16)17-12-11-15(3)10-7-6-8-13(15)2/h13H,4-12H2,1-3H3/q+1. The Morgan fingerprint density at radius 1 is 1.41 bits per heavy atom. The Bertz CT molecular complexity index is 244. The zero-order chi connectivity index (χ0) is 12.7. The van der Waals surface area contributed by atoms with E-state index >= 15 is 0 Å². The molecule has 100 valence electrons. The summed E-state index contributed by atoms with van der Waals surface area (Å²) in [5, 5.41) is 0.392. The first-order chi connectivity index (χ1) is 8.08. The number of thioether (sulfide) groups is 1. The third kappa shape index (κ3) is 5.01. The molecule has 17 heavy (non-hydrogen) atoms. The van der Waals surface area contributed by atoms with Gasteiger partial charge in [-0.1, -0.05) is 25.1 Å². The van der Waals surface area contributed by atoms with Crippen LogP contribution in [0.25, 0.3) is 0 Å². The summed E-state index contributed by atoms with van der Waals surface area (Å²) >= 11 is 1.56. The molecule has 0 spiro atoms. The number of likely N-dealkylation sites (tertiary alicyclic amines) is 1. The molecular formula is C14H28NOS+.